The van der Waals surface area contributed by atoms with Gasteiger partial charge in [0.1, 0.15) is 5.75 Å². The van der Waals surface area contributed by atoms with Crippen LogP contribution in [-0.4, -0.2) is 25.7 Å². The lowest BCUT2D eigenvalue weighted by Crippen LogP contribution is -2.23. The molecule has 17 heavy (non-hydrogen) atoms. The molecule has 0 bridgehead atoms. The summed E-state index contributed by atoms with van der Waals surface area (Å²) in [6.45, 7) is 4.75. The van der Waals surface area contributed by atoms with Gasteiger partial charge in [0, 0.05) is 12.1 Å². The number of nitrogens with one attached hydrogen (secondary N) is 1. The van der Waals surface area contributed by atoms with Gasteiger partial charge in [-0.15, -0.1) is 0 Å². The second kappa shape index (κ2) is 6.91. The van der Waals surface area contributed by atoms with E-state index in [0.29, 0.717) is 6.54 Å². The molecule has 0 atom stereocenters. The molecule has 0 spiro atoms. The van der Waals surface area contributed by atoms with E-state index < -0.39 is 0 Å². The van der Waals surface area contributed by atoms with Crippen molar-refractivity contribution in [3.05, 3.63) is 29.8 Å². The second-order valence-corrected chi connectivity index (χ2v) is 3.95. The molecule has 0 aliphatic carbocycles. The Balaban J connectivity index is 2.54. The summed E-state index contributed by atoms with van der Waals surface area (Å²) in [5.41, 5.74) is 1.03. The minimum absolute atomic E-state index is 0.136. The van der Waals surface area contributed by atoms with Crippen LogP contribution in [0.15, 0.2) is 24.3 Å². The number of esters is 1. The average Bonchev–Trinajstić information content (AvgIpc) is 2.30. The fourth-order valence-electron chi connectivity index (χ4n) is 1.39. The highest BCUT2D eigenvalue weighted by Gasteiger charge is 2.05. The van der Waals surface area contributed by atoms with Gasteiger partial charge in [0.2, 0.25) is 0 Å². The van der Waals surface area contributed by atoms with Crippen molar-refractivity contribution in [2.75, 3.05) is 13.7 Å². The lowest BCUT2D eigenvalue weighted by Gasteiger charge is -2.14. The van der Waals surface area contributed by atoms with Crippen LogP contribution in [0.5, 0.6) is 5.75 Å². The summed E-state index contributed by atoms with van der Waals surface area (Å²) in [6, 6.07) is 7.78. The summed E-state index contributed by atoms with van der Waals surface area (Å²) in [5, 5.41) is 3.01. The van der Waals surface area contributed by atoms with E-state index in [1.54, 1.807) is 0 Å². The summed E-state index contributed by atoms with van der Waals surface area (Å²) < 4.78 is 10.2. The molecule has 0 radical (unpaired) electrons. The van der Waals surface area contributed by atoms with Gasteiger partial charge < -0.3 is 14.8 Å². The minimum Gasteiger partial charge on any atom is -0.491 e. The number of methoxy groups -OCH3 is 1. The van der Waals surface area contributed by atoms with Gasteiger partial charge >= 0.3 is 5.97 Å². The van der Waals surface area contributed by atoms with Gasteiger partial charge in [-0.2, -0.15) is 0 Å². The highest BCUT2D eigenvalue weighted by Crippen LogP contribution is 2.18. The van der Waals surface area contributed by atoms with E-state index in [4.69, 9.17) is 4.74 Å². The molecule has 1 aromatic carbocycles. The minimum atomic E-state index is -0.271. The topological polar surface area (TPSA) is 47.6 Å². The van der Waals surface area contributed by atoms with Crippen molar-refractivity contribution in [3.8, 4) is 5.75 Å². The maximum Gasteiger partial charge on any atom is 0.319 e. The Hall–Kier alpha value is -1.55. The van der Waals surface area contributed by atoms with E-state index in [9.17, 15) is 4.79 Å². The van der Waals surface area contributed by atoms with Crippen LogP contribution in [0.1, 0.15) is 19.4 Å². The van der Waals surface area contributed by atoms with Crippen LogP contribution in [-0.2, 0) is 16.1 Å². The molecule has 0 unspecified atom stereocenters. The molecule has 0 saturated carbocycles. The molecular weight excluding hydrogens is 218 g/mol. The lowest BCUT2D eigenvalue weighted by molar-refractivity contribution is -0.139. The SMILES string of the molecule is COC(=O)CNCc1ccccc1OC(C)C. The van der Waals surface area contributed by atoms with Crippen molar-refractivity contribution in [2.45, 2.75) is 26.5 Å². The Morgan fingerprint density at radius 3 is 2.71 bits per heavy atom. The summed E-state index contributed by atoms with van der Waals surface area (Å²) in [4.78, 5) is 10.9. The van der Waals surface area contributed by atoms with Crippen molar-refractivity contribution in [1.82, 2.24) is 5.32 Å². The third-order valence-corrected chi connectivity index (χ3v) is 2.15. The molecular formula is C13H19NO3. The number of carbonyl (C=O) groups excluding carboxylic acids is 1. The van der Waals surface area contributed by atoms with Crippen LogP contribution in [0.25, 0.3) is 0 Å². The number of para-hydroxylation sites is 1. The first-order chi connectivity index (χ1) is 8.13. The molecule has 1 N–H and O–H groups in total. The normalized spacial score (nSPS) is 10.4. The third-order valence-electron chi connectivity index (χ3n) is 2.15. The van der Waals surface area contributed by atoms with E-state index in [1.165, 1.54) is 7.11 Å². The van der Waals surface area contributed by atoms with E-state index in [-0.39, 0.29) is 18.6 Å². The van der Waals surface area contributed by atoms with E-state index in [0.717, 1.165) is 11.3 Å². The highest BCUT2D eigenvalue weighted by atomic mass is 16.5. The third kappa shape index (κ3) is 4.87. The largest absolute Gasteiger partial charge is 0.491 e. The molecule has 4 heteroatoms. The maximum absolute atomic E-state index is 10.9. The summed E-state index contributed by atoms with van der Waals surface area (Å²) in [6.07, 6.45) is 0.136. The molecule has 94 valence electrons. The number of hydrogen-bond donors (Lipinski definition) is 1. The zero-order chi connectivity index (χ0) is 12.7. The first-order valence-corrected chi connectivity index (χ1v) is 5.65. The van der Waals surface area contributed by atoms with Crippen LogP contribution < -0.4 is 10.1 Å². The Bertz CT molecular complexity index is 363. The Morgan fingerprint density at radius 2 is 2.06 bits per heavy atom. The van der Waals surface area contributed by atoms with Gasteiger partial charge in [-0.05, 0) is 19.9 Å². The van der Waals surface area contributed by atoms with Gasteiger partial charge in [0.15, 0.2) is 0 Å². The maximum atomic E-state index is 10.9. The Kier molecular flexibility index (Phi) is 5.49. The number of hydrogen-bond acceptors (Lipinski definition) is 4. The average molecular weight is 237 g/mol. The van der Waals surface area contributed by atoms with Gasteiger partial charge in [-0.3, -0.25) is 4.79 Å². The molecule has 0 fully saturated rings. The van der Waals surface area contributed by atoms with Gasteiger partial charge in [-0.25, -0.2) is 0 Å². The fourth-order valence-corrected chi connectivity index (χ4v) is 1.39. The summed E-state index contributed by atoms with van der Waals surface area (Å²) >= 11 is 0. The van der Waals surface area contributed by atoms with Crippen molar-refractivity contribution in [2.24, 2.45) is 0 Å². The van der Waals surface area contributed by atoms with Gasteiger partial charge in [-0.1, -0.05) is 18.2 Å². The fraction of sp³-hybridized carbons (Fsp3) is 0.462. The highest BCUT2D eigenvalue weighted by molar-refractivity contribution is 5.71. The molecule has 0 aliphatic heterocycles. The summed E-state index contributed by atoms with van der Waals surface area (Å²) in [5.74, 6) is 0.576. The molecule has 0 heterocycles. The predicted molar refractivity (Wildman–Crippen MR) is 65.9 cm³/mol. The van der Waals surface area contributed by atoms with Crippen molar-refractivity contribution in [3.63, 3.8) is 0 Å². The van der Waals surface area contributed by atoms with Crippen LogP contribution >= 0.6 is 0 Å². The standard InChI is InChI=1S/C13H19NO3/c1-10(2)17-12-7-5-4-6-11(12)8-14-9-13(15)16-3/h4-7,10,14H,8-9H2,1-3H3. The van der Waals surface area contributed by atoms with E-state index >= 15 is 0 Å². The molecule has 1 rings (SSSR count). The lowest BCUT2D eigenvalue weighted by atomic mass is 10.2. The first kappa shape index (κ1) is 13.5. The zero-order valence-electron chi connectivity index (χ0n) is 10.5. The van der Waals surface area contributed by atoms with Crippen molar-refractivity contribution < 1.29 is 14.3 Å². The summed E-state index contributed by atoms with van der Waals surface area (Å²) in [7, 11) is 1.37. The molecule has 0 aliphatic rings. The smallest absolute Gasteiger partial charge is 0.319 e. The Morgan fingerprint density at radius 1 is 1.35 bits per heavy atom. The zero-order valence-corrected chi connectivity index (χ0v) is 10.5. The van der Waals surface area contributed by atoms with Crippen molar-refractivity contribution >= 4 is 5.97 Å². The second-order valence-electron chi connectivity index (χ2n) is 3.95. The molecule has 0 saturated heterocycles. The number of ether oxygens (including phenoxy) is 2. The Labute approximate surface area is 102 Å². The number of carbonyl (C=O) groups is 1. The van der Waals surface area contributed by atoms with Crippen molar-refractivity contribution in [1.29, 1.82) is 0 Å². The molecule has 0 amide bonds. The first-order valence-electron chi connectivity index (χ1n) is 5.65. The predicted octanol–water partition coefficient (Wildman–Crippen LogP) is 1.74. The van der Waals surface area contributed by atoms with Gasteiger partial charge in [0.05, 0.1) is 19.8 Å². The van der Waals surface area contributed by atoms with Crippen LogP contribution in [0, 0.1) is 0 Å². The van der Waals surface area contributed by atoms with Crippen LogP contribution in [0.4, 0.5) is 0 Å². The van der Waals surface area contributed by atoms with E-state index in [2.05, 4.69) is 10.1 Å². The number of rotatable bonds is 6. The van der Waals surface area contributed by atoms with Crippen LogP contribution in [0.3, 0.4) is 0 Å². The van der Waals surface area contributed by atoms with Crippen LogP contribution in [0.2, 0.25) is 0 Å². The molecule has 0 aromatic heterocycles. The molecule has 1 aromatic rings. The molecule has 4 nitrogen and oxygen atoms in total. The quantitative estimate of drug-likeness (QED) is 0.765. The monoisotopic (exact) mass is 237 g/mol. The number of benzene rings is 1. The van der Waals surface area contributed by atoms with E-state index in [1.807, 2.05) is 38.1 Å². The van der Waals surface area contributed by atoms with Gasteiger partial charge in [0.25, 0.3) is 0 Å².